The fraction of sp³-hybridized carbons (Fsp3) is 0.544. The summed E-state index contributed by atoms with van der Waals surface area (Å²) in [4.78, 5) is 67.1. The number of halogens is 3. The van der Waals surface area contributed by atoms with Crippen molar-refractivity contribution in [2.24, 2.45) is 22.2 Å². The van der Waals surface area contributed by atoms with Crippen LogP contribution >= 0.6 is 11.3 Å². The summed E-state index contributed by atoms with van der Waals surface area (Å²) in [5.74, 6) is -1.26. The van der Waals surface area contributed by atoms with Gasteiger partial charge in [-0.25, -0.2) is 4.98 Å². The van der Waals surface area contributed by atoms with E-state index in [0.29, 0.717) is 31.9 Å². The fourth-order valence-corrected chi connectivity index (χ4v) is 12.5. The number of hydrogen-bond acceptors (Lipinski definition) is 12. The van der Waals surface area contributed by atoms with Crippen molar-refractivity contribution in [3.05, 3.63) is 106 Å². The molecule has 1 saturated carbocycles. The normalized spacial score (nSPS) is 22.6. The predicted octanol–water partition coefficient (Wildman–Crippen LogP) is 7.17. The number of benzene rings is 3. The molecule has 4 heterocycles. The van der Waals surface area contributed by atoms with E-state index in [1.807, 2.05) is 97.3 Å². The van der Waals surface area contributed by atoms with Crippen LogP contribution in [0.5, 0.6) is 5.75 Å². The molecule has 1 aromatic heterocycles. The number of nitriles is 1. The maximum atomic E-state index is 14.4. The SMILES string of the molecule is Cc1ncsc1-c1ccc([C@H](NC(=O)[C@@H]2C[C@@H](O)CN2C(=O)C(NC(=O)CN2CCN(CCCc3ccc(C(=O)NC4C(C)(C)C(Oc5ccc(C#N)c(C(F)(F)F)c5)C4(C)C)cc3)CC2)C(C)(C)C)C2COC2)cc1. The van der Waals surface area contributed by atoms with Gasteiger partial charge in [0.25, 0.3) is 5.91 Å². The molecule has 1 unspecified atom stereocenters. The Morgan fingerprint density at radius 2 is 1.59 bits per heavy atom. The van der Waals surface area contributed by atoms with Gasteiger partial charge in [-0.15, -0.1) is 11.3 Å². The third-order valence-corrected chi connectivity index (χ3v) is 16.7. The first-order valence-corrected chi connectivity index (χ1v) is 27.0. The van der Waals surface area contributed by atoms with E-state index in [1.165, 1.54) is 11.0 Å². The summed E-state index contributed by atoms with van der Waals surface area (Å²) in [5.41, 5.74) is 2.84. The topological polar surface area (TPSA) is 189 Å². The second-order valence-electron chi connectivity index (χ2n) is 23.2. The summed E-state index contributed by atoms with van der Waals surface area (Å²) in [6, 6.07) is 17.9. The molecule has 1 aliphatic carbocycles. The molecule has 76 heavy (non-hydrogen) atoms. The quantitative estimate of drug-likeness (QED) is 0.0840. The summed E-state index contributed by atoms with van der Waals surface area (Å²) in [6.07, 6.45) is -4.36. The molecule has 408 valence electrons. The van der Waals surface area contributed by atoms with E-state index in [9.17, 15) is 42.7 Å². The number of amides is 4. The molecule has 0 radical (unpaired) electrons. The molecule has 0 bridgehead atoms. The Labute approximate surface area is 447 Å². The number of likely N-dealkylation sites (tertiary alicyclic amines) is 1. The largest absolute Gasteiger partial charge is 0.489 e. The van der Waals surface area contributed by atoms with Gasteiger partial charge >= 0.3 is 6.18 Å². The lowest BCUT2D eigenvalue weighted by molar-refractivity contribution is -0.164. The minimum Gasteiger partial charge on any atom is -0.489 e. The highest BCUT2D eigenvalue weighted by atomic mass is 32.1. The molecule has 4 atom stereocenters. The van der Waals surface area contributed by atoms with Gasteiger partial charge in [-0.05, 0) is 78.7 Å². The second-order valence-corrected chi connectivity index (χ2v) is 24.1. The van der Waals surface area contributed by atoms with Crippen LogP contribution in [0.2, 0.25) is 0 Å². The van der Waals surface area contributed by atoms with Crippen LogP contribution in [0.3, 0.4) is 0 Å². The minimum absolute atomic E-state index is 0.00724. The zero-order valence-electron chi connectivity index (χ0n) is 44.6. The Balaban J connectivity index is 0.777. The smallest absolute Gasteiger partial charge is 0.417 e. The first kappa shape index (κ1) is 56.3. The van der Waals surface area contributed by atoms with Crippen LogP contribution in [0.25, 0.3) is 10.4 Å². The predicted molar refractivity (Wildman–Crippen MR) is 282 cm³/mol. The number of aryl methyl sites for hydroxylation is 2. The summed E-state index contributed by atoms with van der Waals surface area (Å²) in [7, 11) is 0. The van der Waals surface area contributed by atoms with E-state index in [1.54, 1.807) is 29.5 Å². The lowest BCUT2D eigenvalue weighted by Gasteiger charge is -2.63. The summed E-state index contributed by atoms with van der Waals surface area (Å²) in [5, 5.41) is 29.4. The molecule has 8 rings (SSSR count). The average Bonchev–Trinajstić information content (AvgIpc) is 3.98. The summed E-state index contributed by atoms with van der Waals surface area (Å²) >= 11 is 1.57. The Morgan fingerprint density at radius 1 is 0.934 bits per heavy atom. The van der Waals surface area contributed by atoms with Crippen LogP contribution in [-0.2, 0) is 31.7 Å². The Kier molecular flexibility index (Phi) is 16.7. The van der Waals surface area contributed by atoms with E-state index in [-0.39, 0.29) is 61.0 Å². The molecule has 4 fully saturated rings. The molecule has 4 aliphatic rings. The number of thiazole rings is 1. The highest BCUT2D eigenvalue weighted by molar-refractivity contribution is 7.13. The number of aliphatic hydroxyl groups excluding tert-OH is 1. The number of ether oxygens (including phenoxy) is 2. The lowest BCUT2D eigenvalue weighted by atomic mass is 9.49. The van der Waals surface area contributed by atoms with Crippen LogP contribution < -0.4 is 20.7 Å². The molecular weight excluding hydrogens is 998 g/mol. The van der Waals surface area contributed by atoms with Crippen LogP contribution in [0, 0.1) is 40.4 Å². The molecule has 4 N–H and O–H groups in total. The molecule has 15 nitrogen and oxygen atoms in total. The van der Waals surface area contributed by atoms with E-state index >= 15 is 0 Å². The van der Waals surface area contributed by atoms with Crippen molar-refractivity contribution < 1.29 is 46.9 Å². The van der Waals surface area contributed by atoms with Gasteiger partial charge in [-0.1, -0.05) is 84.9 Å². The third kappa shape index (κ3) is 12.4. The molecular formula is C57H71F3N8O7S. The van der Waals surface area contributed by atoms with E-state index in [4.69, 9.17) is 9.47 Å². The van der Waals surface area contributed by atoms with Crippen molar-refractivity contribution >= 4 is 35.0 Å². The average molecular weight is 1070 g/mol. The summed E-state index contributed by atoms with van der Waals surface area (Å²) < 4.78 is 52.6. The van der Waals surface area contributed by atoms with Gasteiger partial charge < -0.3 is 40.3 Å². The minimum atomic E-state index is -4.71. The highest BCUT2D eigenvalue weighted by Crippen LogP contribution is 2.56. The van der Waals surface area contributed by atoms with Gasteiger partial charge in [0.1, 0.15) is 23.9 Å². The van der Waals surface area contributed by atoms with Gasteiger partial charge in [0.15, 0.2) is 0 Å². The number of β-amino-alcohol motifs (C(OH)–C–C–N with tert-alkyl or cyclic N) is 1. The van der Waals surface area contributed by atoms with Gasteiger partial charge in [0.2, 0.25) is 17.7 Å². The van der Waals surface area contributed by atoms with Gasteiger partial charge in [0, 0.05) is 67.5 Å². The molecule has 4 aromatic rings. The number of nitrogens with one attached hydrogen (secondary N) is 3. The van der Waals surface area contributed by atoms with Crippen LogP contribution in [-0.4, -0.2) is 138 Å². The maximum absolute atomic E-state index is 14.4. The number of carbonyl (C=O) groups is 4. The molecule has 4 amide bonds. The number of carbonyl (C=O) groups excluding carboxylic acids is 4. The zero-order valence-corrected chi connectivity index (χ0v) is 45.4. The van der Waals surface area contributed by atoms with Gasteiger partial charge in [0.05, 0.1) is 65.2 Å². The number of rotatable bonds is 17. The van der Waals surface area contributed by atoms with Gasteiger partial charge in [-0.3, -0.25) is 24.1 Å². The highest BCUT2D eigenvalue weighted by Gasteiger charge is 2.64. The number of aromatic nitrogens is 1. The molecule has 19 heteroatoms. The van der Waals surface area contributed by atoms with Crippen molar-refractivity contribution in [1.29, 1.82) is 5.26 Å². The van der Waals surface area contributed by atoms with E-state index in [0.717, 1.165) is 71.9 Å². The number of aliphatic hydroxyl groups is 1. The maximum Gasteiger partial charge on any atom is 0.417 e. The molecule has 3 aliphatic heterocycles. The van der Waals surface area contributed by atoms with Crippen LogP contribution in [0.4, 0.5) is 13.2 Å². The van der Waals surface area contributed by atoms with Crippen LogP contribution in [0.1, 0.15) is 106 Å². The first-order valence-electron chi connectivity index (χ1n) is 26.1. The number of nitrogens with zero attached hydrogens (tertiary/aromatic N) is 5. The van der Waals surface area contributed by atoms with Crippen molar-refractivity contribution in [3.8, 4) is 22.3 Å². The van der Waals surface area contributed by atoms with Crippen molar-refractivity contribution in [3.63, 3.8) is 0 Å². The second kappa shape index (κ2) is 22.6. The van der Waals surface area contributed by atoms with E-state index in [2.05, 4.69) is 30.7 Å². The molecule has 0 spiro atoms. The van der Waals surface area contributed by atoms with Crippen LogP contribution in [0.15, 0.2) is 72.2 Å². The fourth-order valence-electron chi connectivity index (χ4n) is 11.7. The van der Waals surface area contributed by atoms with E-state index < -0.39 is 63.7 Å². The Morgan fingerprint density at radius 3 is 2.17 bits per heavy atom. The molecule has 3 aromatic carbocycles. The standard InChI is InChI=1S/C57H71F3N8O7S/c1-34-47(76-33-62-34)37-17-15-36(16-18-37)46(40-31-74-32-40)64-50(72)44-26-41(69)29-68(44)51(73)48(54(2,3)4)63-45(70)30-67-24-22-66(23-25-67)21-9-10-35-11-13-38(14-12-35)49(71)65-52-55(5,6)53(56(52,7)8)75-42-20-19-39(28-61)43(27-42)57(58,59)60/h11-20,27,33,40-41,44,46,48,52-53,69H,9-10,21-26,29-32H2,1-8H3,(H,63,70)(H,64,72)(H,65,71)/t41-,44+,46+,48?,52?,53?/m1/s1. The van der Waals surface area contributed by atoms with Crippen molar-refractivity contribution in [2.45, 2.75) is 117 Å². The van der Waals surface area contributed by atoms with Crippen molar-refractivity contribution in [1.82, 2.24) is 35.6 Å². The van der Waals surface area contributed by atoms with Crippen molar-refractivity contribution in [2.75, 3.05) is 59.0 Å². The zero-order chi connectivity index (χ0) is 54.9. The van der Waals surface area contributed by atoms with Gasteiger partial charge in [-0.2, -0.15) is 18.4 Å². The Bertz CT molecular complexity index is 2760. The number of piperazine rings is 1. The number of hydrogen-bond donors (Lipinski definition) is 4. The number of alkyl halides is 3. The third-order valence-electron chi connectivity index (χ3n) is 15.8. The Hall–Kier alpha value is -5.91. The lowest BCUT2D eigenvalue weighted by Crippen LogP contribution is -2.74. The molecule has 3 saturated heterocycles. The monoisotopic (exact) mass is 1070 g/mol. The first-order chi connectivity index (χ1) is 35.8. The summed E-state index contributed by atoms with van der Waals surface area (Å²) in [6.45, 7) is 20.0.